The molecule has 3 aliphatic rings. The van der Waals surface area contributed by atoms with Gasteiger partial charge in [0.05, 0.1) is 5.56 Å². The molecular weight excluding hydrogens is 270 g/mol. The quantitative estimate of drug-likeness (QED) is 0.579. The highest BCUT2D eigenvalue weighted by molar-refractivity contribution is 5.65. The van der Waals surface area contributed by atoms with E-state index in [-0.39, 0.29) is 0 Å². The molecule has 0 saturated carbocycles. The molecule has 0 spiro atoms. The SMILES string of the molecule is Cc1ccc2c(c1)Oc1c3c4c(cc1=C2)CCC[N+]=4CCC3. The smallest absolute Gasteiger partial charge is 0.210 e. The first kappa shape index (κ1) is 12.5. The van der Waals surface area contributed by atoms with Gasteiger partial charge in [0, 0.05) is 29.2 Å². The molecule has 2 heteroatoms. The van der Waals surface area contributed by atoms with Crippen LogP contribution in [0.5, 0.6) is 11.5 Å². The highest BCUT2D eigenvalue weighted by Crippen LogP contribution is 2.31. The molecule has 3 heterocycles. The van der Waals surface area contributed by atoms with Gasteiger partial charge in [0.2, 0.25) is 5.36 Å². The average Bonchev–Trinajstić information content (AvgIpc) is 2.54. The molecule has 0 radical (unpaired) electrons. The van der Waals surface area contributed by atoms with E-state index in [1.807, 2.05) is 0 Å². The predicted molar refractivity (Wildman–Crippen MR) is 88.1 cm³/mol. The molecule has 0 unspecified atom stereocenters. The van der Waals surface area contributed by atoms with E-state index >= 15 is 0 Å². The molecule has 0 atom stereocenters. The summed E-state index contributed by atoms with van der Waals surface area (Å²) in [4.78, 5) is 0. The van der Waals surface area contributed by atoms with Crippen molar-refractivity contribution in [2.75, 3.05) is 13.1 Å². The summed E-state index contributed by atoms with van der Waals surface area (Å²) >= 11 is 0. The summed E-state index contributed by atoms with van der Waals surface area (Å²) in [6.45, 7) is 4.54. The zero-order chi connectivity index (χ0) is 14.7. The Balaban J connectivity index is 1.86. The number of hydrogen-bond acceptors (Lipinski definition) is 1. The van der Waals surface area contributed by atoms with Gasteiger partial charge in [-0.15, -0.1) is 0 Å². The fraction of sp³-hybridized carbons (Fsp3) is 0.350. The first-order chi connectivity index (χ1) is 10.8. The molecule has 2 nitrogen and oxygen atoms in total. The van der Waals surface area contributed by atoms with E-state index in [1.54, 1.807) is 0 Å². The molecule has 0 saturated heterocycles. The highest BCUT2D eigenvalue weighted by Gasteiger charge is 2.28. The van der Waals surface area contributed by atoms with Crippen LogP contribution in [0.1, 0.15) is 35.1 Å². The maximum absolute atomic E-state index is 6.37. The lowest BCUT2D eigenvalue weighted by Crippen LogP contribution is -2.44. The van der Waals surface area contributed by atoms with Crippen LogP contribution in [0.25, 0.3) is 6.08 Å². The fourth-order valence-electron chi connectivity index (χ4n) is 4.21. The van der Waals surface area contributed by atoms with Crippen molar-refractivity contribution in [2.24, 2.45) is 0 Å². The van der Waals surface area contributed by atoms with Gasteiger partial charge in [0.25, 0.3) is 0 Å². The largest absolute Gasteiger partial charge is 0.456 e. The Morgan fingerprint density at radius 1 is 1.05 bits per heavy atom. The van der Waals surface area contributed by atoms with E-state index in [2.05, 4.69) is 41.8 Å². The molecule has 0 bridgehead atoms. The molecule has 0 N–H and O–H groups in total. The van der Waals surface area contributed by atoms with E-state index in [0.717, 1.165) is 17.9 Å². The van der Waals surface area contributed by atoms with Crippen molar-refractivity contribution < 1.29 is 4.74 Å². The molecule has 0 amide bonds. The van der Waals surface area contributed by atoms with Crippen molar-refractivity contribution in [2.45, 2.75) is 32.6 Å². The van der Waals surface area contributed by atoms with Gasteiger partial charge in [-0.25, -0.2) is 4.58 Å². The molecule has 5 rings (SSSR count). The van der Waals surface area contributed by atoms with Crippen LogP contribution in [0.4, 0.5) is 0 Å². The molecule has 0 aliphatic carbocycles. The van der Waals surface area contributed by atoms with Crippen molar-refractivity contribution >= 4 is 6.08 Å². The second kappa shape index (κ2) is 4.45. The van der Waals surface area contributed by atoms with E-state index in [1.165, 1.54) is 65.2 Å². The predicted octanol–water partition coefficient (Wildman–Crippen LogP) is 2.31. The van der Waals surface area contributed by atoms with Crippen LogP contribution in [0.2, 0.25) is 0 Å². The molecule has 22 heavy (non-hydrogen) atoms. The maximum atomic E-state index is 6.37. The normalized spacial score (nSPS) is 17.8. The zero-order valence-corrected chi connectivity index (χ0v) is 13.0. The van der Waals surface area contributed by atoms with Crippen molar-refractivity contribution in [1.29, 1.82) is 0 Å². The Hall–Kier alpha value is -2.09. The molecule has 110 valence electrons. The third kappa shape index (κ3) is 1.70. The van der Waals surface area contributed by atoms with Crippen molar-refractivity contribution in [1.82, 2.24) is 4.58 Å². The summed E-state index contributed by atoms with van der Waals surface area (Å²) in [5.41, 5.74) is 5.43. The highest BCUT2D eigenvalue weighted by atomic mass is 16.5. The van der Waals surface area contributed by atoms with E-state index in [4.69, 9.17) is 4.74 Å². The van der Waals surface area contributed by atoms with Gasteiger partial charge >= 0.3 is 0 Å². The van der Waals surface area contributed by atoms with Gasteiger partial charge in [-0.3, -0.25) is 0 Å². The van der Waals surface area contributed by atoms with Gasteiger partial charge in [-0.05, 0) is 43.5 Å². The van der Waals surface area contributed by atoms with Crippen LogP contribution < -0.4 is 19.9 Å². The maximum Gasteiger partial charge on any atom is 0.210 e. The topological polar surface area (TPSA) is 12.2 Å². The standard InChI is InChI=1S/C20H20NO/c1-13-6-7-14-11-16-12-15-4-2-8-21-9-3-5-17(19(15)21)20(16)22-18(14)10-13/h6-7,10-12H,2-5,8-9H2,1H3/q+1. The second-order valence-electron chi connectivity index (χ2n) is 6.76. The van der Waals surface area contributed by atoms with Crippen molar-refractivity contribution in [3.8, 4) is 11.5 Å². The summed E-state index contributed by atoms with van der Waals surface area (Å²) in [5, 5.41) is 2.76. The molecule has 0 fully saturated rings. The molecule has 2 aromatic carbocycles. The van der Waals surface area contributed by atoms with Crippen LogP contribution in [0.15, 0.2) is 24.3 Å². The first-order valence-corrected chi connectivity index (χ1v) is 8.36. The van der Waals surface area contributed by atoms with E-state index in [0.29, 0.717) is 0 Å². The van der Waals surface area contributed by atoms with Gasteiger partial charge in [0.15, 0.2) is 0 Å². The Morgan fingerprint density at radius 3 is 2.82 bits per heavy atom. The number of hydrogen-bond donors (Lipinski definition) is 0. The summed E-state index contributed by atoms with van der Waals surface area (Å²) in [6, 6.07) is 8.86. The van der Waals surface area contributed by atoms with Crippen LogP contribution in [-0.2, 0) is 12.8 Å². The number of nitrogens with zero attached hydrogens (tertiary/aromatic N) is 1. The molecule has 2 aromatic rings. The minimum absolute atomic E-state index is 1.01. The third-order valence-electron chi connectivity index (χ3n) is 5.19. The second-order valence-corrected chi connectivity index (χ2v) is 6.76. The lowest BCUT2D eigenvalue weighted by atomic mass is 9.92. The minimum Gasteiger partial charge on any atom is -0.456 e. The fourth-order valence-corrected chi connectivity index (χ4v) is 4.21. The molecule has 3 aliphatic heterocycles. The number of aryl methyl sites for hydroxylation is 2. The summed E-state index contributed by atoms with van der Waals surface area (Å²) in [7, 11) is 0. The van der Waals surface area contributed by atoms with Crippen molar-refractivity contribution in [3.05, 3.63) is 57.1 Å². The minimum atomic E-state index is 1.01. The van der Waals surface area contributed by atoms with Gasteiger partial charge in [-0.2, -0.15) is 0 Å². The Kier molecular flexibility index (Phi) is 2.52. The van der Waals surface area contributed by atoms with Crippen LogP contribution in [0.3, 0.4) is 0 Å². The van der Waals surface area contributed by atoms with E-state index < -0.39 is 0 Å². The monoisotopic (exact) mass is 290 g/mol. The molecule has 0 aromatic heterocycles. The van der Waals surface area contributed by atoms with E-state index in [9.17, 15) is 0 Å². The van der Waals surface area contributed by atoms with Crippen LogP contribution in [0, 0.1) is 6.92 Å². The lowest BCUT2D eigenvalue weighted by molar-refractivity contribution is 0.437. The third-order valence-corrected chi connectivity index (χ3v) is 5.19. The van der Waals surface area contributed by atoms with Gasteiger partial charge in [-0.1, -0.05) is 12.1 Å². The Morgan fingerprint density at radius 2 is 1.91 bits per heavy atom. The van der Waals surface area contributed by atoms with Gasteiger partial charge in [0.1, 0.15) is 24.6 Å². The zero-order valence-electron chi connectivity index (χ0n) is 13.0. The summed E-state index contributed by atoms with van der Waals surface area (Å²) in [5.74, 6) is 2.13. The Labute approximate surface area is 130 Å². The molecular formula is C20H20NO+. The first-order valence-electron chi connectivity index (χ1n) is 8.36. The van der Waals surface area contributed by atoms with Crippen LogP contribution in [-0.4, -0.2) is 13.1 Å². The summed E-state index contributed by atoms with van der Waals surface area (Å²) < 4.78 is 8.95. The van der Waals surface area contributed by atoms with Gasteiger partial charge < -0.3 is 4.74 Å². The number of ether oxygens (including phenoxy) is 1. The lowest BCUT2D eigenvalue weighted by Gasteiger charge is -2.23. The average molecular weight is 290 g/mol. The van der Waals surface area contributed by atoms with Crippen molar-refractivity contribution in [3.63, 3.8) is 0 Å². The number of rotatable bonds is 0. The number of fused-ring (bicyclic) bond motifs is 3. The van der Waals surface area contributed by atoms with Crippen LogP contribution >= 0.6 is 0 Å². The Bertz CT molecular complexity index is 920. The summed E-state index contributed by atoms with van der Waals surface area (Å²) in [6.07, 6.45) is 7.18. The number of benzene rings is 2.